The van der Waals surface area contributed by atoms with Gasteiger partial charge in [-0.05, 0) is 30.7 Å². The van der Waals surface area contributed by atoms with E-state index in [0.717, 1.165) is 18.7 Å². The lowest BCUT2D eigenvalue weighted by atomic mass is 10.1. The van der Waals surface area contributed by atoms with Crippen LogP contribution < -0.4 is 10.0 Å². The lowest BCUT2D eigenvalue weighted by Gasteiger charge is -2.34. The van der Waals surface area contributed by atoms with Gasteiger partial charge in [0, 0.05) is 37.8 Å². The van der Waals surface area contributed by atoms with E-state index in [1.807, 2.05) is 37.3 Å². The third-order valence-electron chi connectivity index (χ3n) is 4.46. The van der Waals surface area contributed by atoms with Crippen LogP contribution in [-0.2, 0) is 16.6 Å². The van der Waals surface area contributed by atoms with Gasteiger partial charge in [-0.3, -0.25) is 4.79 Å². The first-order valence-corrected chi connectivity index (χ1v) is 10.1. The van der Waals surface area contributed by atoms with Crippen LogP contribution in [0.4, 0.5) is 0 Å². The Hall–Kier alpha value is -1.93. The fourth-order valence-corrected chi connectivity index (χ4v) is 4.03. The Morgan fingerprint density at radius 2 is 1.93 bits per heavy atom. The molecule has 1 saturated heterocycles. The fourth-order valence-electron chi connectivity index (χ4n) is 2.96. The van der Waals surface area contributed by atoms with Crippen molar-refractivity contribution in [1.82, 2.24) is 14.9 Å². The number of rotatable bonds is 5. The average Bonchev–Trinajstić information content (AvgIpc) is 2.67. The van der Waals surface area contributed by atoms with E-state index in [0.29, 0.717) is 12.1 Å². The first-order chi connectivity index (χ1) is 12.5. The fraction of sp³-hybridized carbons (Fsp3) is 0.316. The predicted molar refractivity (Wildman–Crippen MR) is 108 cm³/mol. The number of benzene rings is 2. The molecule has 1 aliphatic rings. The van der Waals surface area contributed by atoms with Crippen LogP contribution in [0.25, 0.3) is 0 Å². The lowest BCUT2D eigenvalue weighted by molar-refractivity contribution is 0.0655. The lowest BCUT2D eigenvalue weighted by Crippen LogP contribution is -2.52. The van der Waals surface area contributed by atoms with Crippen molar-refractivity contribution < 1.29 is 13.2 Å². The van der Waals surface area contributed by atoms with Crippen LogP contribution in [0, 0.1) is 0 Å². The van der Waals surface area contributed by atoms with Gasteiger partial charge in [-0.1, -0.05) is 36.4 Å². The van der Waals surface area contributed by atoms with Gasteiger partial charge in [0.25, 0.3) is 5.91 Å². The molecule has 1 atom stereocenters. The number of hydrogen-bond acceptors (Lipinski definition) is 4. The molecule has 1 aliphatic heterocycles. The summed E-state index contributed by atoms with van der Waals surface area (Å²) in [7, 11) is -3.69. The number of nitrogens with zero attached hydrogens (tertiary/aromatic N) is 1. The highest BCUT2D eigenvalue weighted by Gasteiger charge is 2.25. The molecule has 2 aromatic carbocycles. The summed E-state index contributed by atoms with van der Waals surface area (Å²) in [6, 6.07) is 15.6. The number of piperazine rings is 1. The molecule has 0 radical (unpaired) electrons. The minimum atomic E-state index is -3.69. The van der Waals surface area contributed by atoms with E-state index in [1.54, 1.807) is 17.0 Å². The maximum absolute atomic E-state index is 12.8. The summed E-state index contributed by atoms with van der Waals surface area (Å²) in [5.74, 6) is -0.140. The Bertz CT molecular complexity index is 875. The molecule has 2 aromatic rings. The molecule has 1 heterocycles. The first kappa shape index (κ1) is 21.4. The minimum absolute atomic E-state index is 0. The van der Waals surface area contributed by atoms with Gasteiger partial charge < -0.3 is 10.2 Å². The molecule has 1 fully saturated rings. The molecule has 0 aromatic heterocycles. The quantitative estimate of drug-likeness (QED) is 0.791. The van der Waals surface area contributed by atoms with Crippen LogP contribution in [0.3, 0.4) is 0 Å². The molecule has 27 heavy (non-hydrogen) atoms. The van der Waals surface area contributed by atoms with Crippen LogP contribution in [0.15, 0.2) is 59.5 Å². The average molecular weight is 410 g/mol. The summed E-state index contributed by atoms with van der Waals surface area (Å²) in [5, 5.41) is 3.24. The molecular weight excluding hydrogens is 386 g/mol. The molecule has 146 valence electrons. The second kappa shape index (κ2) is 9.32. The van der Waals surface area contributed by atoms with E-state index in [2.05, 4.69) is 10.0 Å². The number of carbonyl (C=O) groups is 1. The van der Waals surface area contributed by atoms with Crippen molar-refractivity contribution in [3.05, 3.63) is 65.7 Å². The normalized spacial score (nSPS) is 17.2. The summed E-state index contributed by atoms with van der Waals surface area (Å²) >= 11 is 0. The molecule has 1 amide bonds. The Morgan fingerprint density at radius 3 is 2.63 bits per heavy atom. The zero-order chi connectivity index (χ0) is 18.6. The van der Waals surface area contributed by atoms with Crippen molar-refractivity contribution in [3.63, 3.8) is 0 Å². The van der Waals surface area contributed by atoms with Gasteiger partial charge in [0.05, 0.1) is 4.90 Å². The molecule has 2 N–H and O–H groups in total. The van der Waals surface area contributed by atoms with Crippen LogP contribution >= 0.6 is 12.4 Å². The molecule has 0 unspecified atom stereocenters. The van der Waals surface area contributed by atoms with Crippen molar-refractivity contribution in [2.45, 2.75) is 24.4 Å². The van der Waals surface area contributed by atoms with Gasteiger partial charge in [0.15, 0.2) is 0 Å². The van der Waals surface area contributed by atoms with Gasteiger partial charge in [0.2, 0.25) is 10.0 Å². The van der Waals surface area contributed by atoms with Crippen molar-refractivity contribution in [1.29, 1.82) is 0 Å². The highest BCUT2D eigenvalue weighted by Crippen LogP contribution is 2.16. The van der Waals surface area contributed by atoms with E-state index in [1.165, 1.54) is 12.1 Å². The van der Waals surface area contributed by atoms with Crippen molar-refractivity contribution in [3.8, 4) is 0 Å². The number of nitrogens with one attached hydrogen (secondary N) is 2. The van der Waals surface area contributed by atoms with Crippen LogP contribution in [0.1, 0.15) is 22.8 Å². The highest BCUT2D eigenvalue weighted by molar-refractivity contribution is 7.89. The van der Waals surface area contributed by atoms with Gasteiger partial charge in [-0.25, -0.2) is 13.1 Å². The summed E-state index contributed by atoms with van der Waals surface area (Å²) < 4.78 is 27.7. The molecule has 0 aliphatic carbocycles. The maximum Gasteiger partial charge on any atom is 0.254 e. The zero-order valence-corrected chi connectivity index (χ0v) is 16.7. The van der Waals surface area contributed by atoms with Crippen LogP contribution in [0.2, 0.25) is 0 Å². The topological polar surface area (TPSA) is 78.5 Å². The molecule has 6 nitrogen and oxygen atoms in total. The number of amides is 1. The standard InChI is InChI=1S/C19H23N3O3S.ClH/c1-15-13-20-10-11-22(15)19(23)17-8-5-9-18(12-17)26(24,25)21-14-16-6-3-2-4-7-16;/h2-9,12,15,20-21H,10-11,13-14H2,1H3;1H/t15-;/m1./s1. The largest absolute Gasteiger partial charge is 0.333 e. The van der Waals surface area contributed by atoms with Gasteiger partial charge >= 0.3 is 0 Å². The predicted octanol–water partition coefficient (Wildman–Crippen LogP) is 2.02. The number of carbonyl (C=O) groups excluding carboxylic acids is 1. The Labute approximate surface area is 166 Å². The van der Waals surface area contributed by atoms with Crippen molar-refractivity contribution >= 4 is 28.3 Å². The first-order valence-electron chi connectivity index (χ1n) is 8.63. The van der Waals surface area contributed by atoms with E-state index >= 15 is 0 Å². The highest BCUT2D eigenvalue weighted by atomic mass is 35.5. The molecule has 0 bridgehead atoms. The Morgan fingerprint density at radius 1 is 1.19 bits per heavy atom. The molecule has 8 heteroatoms. The summed E-state index contributed by atoms with van der Waals surface area (Å²) in [5.41, 5.74) is 1.26. The SMILES string of the molecule is C[C@@H]1CNCCN1C(=O)c1cccc(S(=O)(=O)NCc2ccccc2)c1.Cl. The zero-order valence-electron chi connectivity index (χ0n) is 15.1. The van der Waals surface area contributed by atoms with E-state index in [-0.39, 0.29) is 35.8 Å². The third kappa shape index (κ3) is 5.29. The Balaban J connectivity index is 0.00000261. The van der Waals surface area contributed by atoms with Gasteiger partial charge in [-0.2, -0.15) is 0 Å². The van der Waals surface area contributed by atoms with E-state index < -0.39 is 10.0 Å². The van der Waals surface area contributed by atoms with Crippen LogP contribution in [0.5, 0.6) is 0 Å². The van der Waals surface area contributed by atoms with Crippen molar-refractivity contribution in [2.24, 2.45) is 0 Å². The van der Waals surface area contributed by atoms with Crippen molar-refractivity contribution in [2.75, 3.05) is 19.6 Å². The Kier molecular flexibility index (Phi) is 7.38. The smallest absolute Gasteiger partial charge is 0.254 e. The van der Waals surface area contributed by atoms with Crippen LogP contribution in [-0.4, -0.2) is 44.9 Å². The summed E-state index contributed by atoms with van der Waals surface area (Å²) in [6.07, 6.45) is 0. The molecule has 0 spiro atoms. The third-order valence-corrected chi connectivity index (χ3v) is 5.86. The second-order valence-electron chi connectivity index (χ2n) is 6.39. The number of sulfonamides is 1. The van der Waals surface area contributed by atoms with E-state index in [9.17, 15) is 13.2 Å². The van der Waals surface area contributed by atoms with E-state index in [4.69, 9.17) is 0 Å². The monoisotopic (exact) mass is 409 g/mol. The van der Waals surface area contributed by atoms with Gasteiger partial charge in [0.1, 0.15) is 0 Å². The second-order valence-corrected chi connectivity index (χ2v) is 8.16. The minimum Gasteiger partial charge on any atom is -0.333 e. The summed E-state index contributed by atoms with van der Waals surface area (Å²) in [6.45, 7) is 4.28. The maximum atomic E-state index is 12.8. The number of halogens is 1. The molecule has 0 saturated carbocycles. The number of hydrogen-bond donors (Lipinski definition) is 2. The molecule has 3 rings (SSSR count). The van der Waals surface area contributed by atoms with Gasteiger partial charge in [-0.15, -0.1) is 12.4 Å². The molecular formula is C19H24ClN3O3S. The summed E-state index contributed by atoms with van der Waals surface area (Å²) in [4.78, 5) is 14.6.